The van der Waals surface area contributed by atoms with Gasteiger partial charge in [0.05, 0.1) is 0 Å². The van der Waals surface area contributed by atoms with Crippen molar-refractivity contribution >= 4 is 81.5 Å². The van der Waals surface area contributed by atoms with Crippen LogP contribution < -0.4 is 0 Å². The summed E-state index contributed by atoms with van der Waals surface area (Å²) in [5.74, 6) is -3.67. The highest BCUT2D eigenvalue weighted by Gasteiger charge is 2.78. The third-order valence-electron chi connectivity index (χ3n) is 2.98. The fraction of sp³-hybridized carbons (Fsp3) is 0.556. The zero-order chi connectivity index (χ0) is 15.4. The second-order valence-corrected chi connectivity index (χ2v) is 8.00. The molecule has 0 bridgehead atoms. The summed E-state index contributed by atoms with van der Waals surface area (Å²) in [5.41, 5.74) is -2.95. The number of carboxylic acids is 2. The fourth-order valence-electron chi connectivity index (χ4n) is 1.74. The Morgan fingerprint density at radius 1 is 0.947 bits per heavy atom. The largest absolute Gasteiger partial charge is 0.480 e. The highest BCUT2D eigenvalue weighted by molar-refractivity contribution is 6.71. The number of hydrogen-bond donors (Lipinski definition) is 2. The standard InChI is InChI=1S/C9H6Cl6O4/c1-3-2-6(4(16)17,5(18)19)8(12,13)9(14,15)7(3,10)11/h1-2H2,(H,16,17)(H,18,19). The average Bonchev–Trinajstić information content (AvgIpc) is 2.21. The van der Waals surface area contributed by atoms with Crippen LogP contribution in [0.5, 0.6) is 0 Å². The molecule has 0 saturated heterocycles. The van der Waals surface area contributed by atoms with E-state index in [1.807, 2.05) is 0 Å². The molecule has 1 fully saturated rings. The number of aliphatic carboxylic acids is 2. The van der Waals surface area contributed by atoms with Crippen LogP contribution in [-0.4, -0.2) is 35.2 Å². The summed E-state index contributed by atoms with van der Waals surface area (Å²) in [7, 11) is 0. The quantitative estimate of drug-likeness (QED) is 0.429. The molecule has 108 valence electrons. The molecular weight excluding hydrogens is 385 g/mol. The summed E-state index contributed by atoms with van der Waals surface area (Å²) in [5, 5.41) is 18.4. The predicted molar refractivity (Wildman–Crippen MR) is 74.8 cm³/mol. The third kappa shape index (κ3) is 1.95. The van der Waals surface area contributed by atoms with Crippen molar-refractivity contribution in [3.05, 3.63) is 12.2 Å². The smallest absolute Gasteiger partial charge is 0.324 e. The van der Waals surface area contributed by atoms with Crippen LogP contribution in [0.25, 0.3) is 0 Å². The summed E-state index contributed by atoms with van der Waals surface area (Å²) >= 11 is 35.2. The first-order valence-electron chi connectivity index (χ1n) is 4.55. The molecule has 1 saturated carbocycles. The molecule has 0 aliphatic heterocycles. The number of rotatable bonds is 2. The van der Waals surface area contributed by atoms with E-state index in [-0.39, 0.29) is 5.57 Å². The van der Waals surface area contributed by atoms with E-state index in [9.17, 15) is 19.8 Å². The molecule has 2 N–H and O–H groups in total. The van der Waals surface area contributed by atoms with E-state index in [2.05, 4.69) is 6.58 Å². The molecule has 0 atom stereocenters. The van der Waals surface area contributed by atoms with Crippen molar-refractivity contribution in [2.75, 3.05) is 0 Å². The lowest BCUT2D eigenvalue weighted by molar-refractivity contribution is -0.167. The molecule has 1 rings (SSSR count). The number of carbonyl (C=O) groups is 2. The predicted octanol–water partition coefficient (Wildman–Crippen LogP) is 3.62. The summed E-state index contributed by atoms with van der Waals surface area (Å²) in [6.45, 7) is 3.41. The molecular formula is C9H6Cl6O4. The van der Waals surface area contributed by atoms with Crippen molar-refractivity contribution in [2.45, 2.75) is 19.4 Å². The lowest BCUT2D eigenvalue weighted by Crippen LogP contribution is -2.68. The molecule has 0 aromatic rings. The average molecular weight is 391 g/mol. The van der Waals surface area contributed by atoms with Gasteiger partial charge in [-0.2, -0.15) is 0 Å². The van der Waals surface area contributed by atoms with Crippen LogP contribution in [0.2, 0.25) is 0 Å². The van der Waals surface area contributed by atoms with Gasteiger partial charge in [-0.15, -0.1) is 0 Å². The number of alkyl halides is 6. The molecule has 0 unspecified atom stereocenters. The van der Waals surface area contributed by atoms with Crippen molar-refractivity contribution in [2.24, 2.45) is 5.41 Å². The highest BCUT2D eigenvalue weighted by Crippen LogP contribution is 2.68. The lowest BCUT2D eigenvalue weighted by Gasteiger charge is -2.53. The molecule has 0 spiro atoms. The maximum atomic E-state index is 11.4. The van der Waals surface area contributed by atoms with E-state index in [0.717, 1.165) is 0 Å². The molecule has 0 radical (unpaired) electrons. The van der Waals surface area contributed by atoms with E-state index >= 15 is 0 Å². The van der Waals surface area contributed by atoms with Gasteiger partial charge in [-0.1, -0.05) is 76.2 Å². The van der Waals surface area contributed by atoms with Crippen LogP contribution >= 0.6 is 69.6 Å². The van der Waals surface area contributed by atoms with E-state index < -0.39 is 36.8 Å². The Morgan fingerprint density at radius 3 is 1.63 bits per heavy atom. The molecule has 0 heterocycles. The van der Waals surface area contributed by atoms with Gasteiger partial charge in [-0.05, 0) is 5.57 Å². The second kappa shape index (κ2) is 4.72. The van der Waals surface area contributed by atoms with Crippen LogP contribution in [0.15, 0.2) is 12.2 Å². The van der Waals surface area contributed by atoms with Gasteiger partial charge in [0, 0.05) is 6.42 Å². The molecule has 0 amide bonds. The van der Waals surface area contributed by atoms with Gasteiger partial charge in [0.2, 0.25) is 5.41 Å². The Labute approximate surface area is 138 Å². The molecule has 0 aromatic carbocycles. The van der Waals surface area contributed by atoms with Crippen molar-refractivity contribution in [3.8, 4) is 0 Å². The van der Waals surface area contributed by atoms with Crippen molar-refractivity contribution in [1.29, 1.82) is 0 Å². The minimum Gasteiger partial charge on any atom is -0.480 e. The summed E-state index contributed by atoms with van der Waals surface area (Å²) in [6.07, 6.45) is -0.723. The Kier molecular flexibility index (Phi) is 4.34. The van der Waals surface area contributed by atoms with Gasteiger partial charge in [0.15, 0.2) is 13.0 Å². The zero-order valence-corrected chi connectivity index (χ0v) is 13.4. The second-order valence-electron chi connectivity index (χ2n) is 4.02. The molecule has 19 heavy (non-hydrogen) atoms. The number of hydrogen-bond acceptors (Lipinski definition) is 2. The van der Waals surface area contributed by atoms with Crippen LogP contribution in [0, 0.1) is 5.41 Å². The molecule has 4 nitrogen and oxygen atoms in total. The minimum atomic E-state index is -2.73. The van der Waals surface area contributed by atoms with Crippen molar-refractivity contribution in [1.82, 2.24) is 0 Å². The Bertz CT molecular complexity index is 455. The maximum absolute atomic E-state index is 11.4. The summed E-state index contributed by atoms with van der Waals surface area (Å²) in [6, 6.07) is 0. The van der Waals surface area contributed by atoms with Gasteiger partial charge in [0.1, 0.15) is 0 Å². The third-order valence-corrected chi connectivity index (χ3v) is 7.20. The Hall–Kier alpha value is 0.420. The lowest BCUT2D eigenvalue weighted by atomic mass is 9.70. The van der Waals surface area contributed by atoms with Gasteiger partial charge in [0.25, 0.3) is 0 Å². The molecule has 10 heteroatoms. The van der Waals surface area contributed by atoms with Crippen LogP contribution in [0.1, 0.15) is 6.42 Å². The zero-order valence-electron chi connectivity index (χ0n) is 8.89. The Balaban J connectivity index is 3.69. The summed E-state index contributed by atoms with van der Waals surface area (Å²) < 4.78 is -7.34. The first kappa shape index (κ1) is 17.5. The number of carboxylic acid groups (broad SMARTS) is 2. The number of halogens is 6. The van der Waals surface area contributed by atoms with E-state index in [1.54, 1.807) is 0 Å². The van der Waals surface area contributed by atoms with Gasteiger partial charge < -0.3 is 10.2 Å². The number of allylic oxidation sites excluding steroid dienone is 1. The van der Waals surface area contributed by atoms with E-state index in [0.29, 0.717) is 0 Å². The monoisotopic (exact) mass is 388 g/mol. The van der Waals surface area contributed by atoms with Crippen LogP contribution in [0.4, 0.5) is 0 Å². The van der Waals surface area contributed by atoms with E-state index in [1.165, 1.54) is 0 Å². The highest BCUT2D eigenvalue weighted by atomic mass is 35.5. The van der Waals surface area contributed by atoms with Gasteiger partial charge in [-0.25, -0.2) is 0 Å². The molecule has 1 aliphatic carbocycles. The fourth-order valence-corrected chi connectivity index (χ4v) is 3.68. The maximum Gasteiger partial charge on any atom is 0.324 e. The minimum absolute atomic E-state index is 0.220. The van der Waals surface area contributed by atoms with Crippen LogP contribution in [0.3, 0.4) is 0 Å². The van der Waals surface area contributed by atoms with Crippen LogP contribution in [-0.2, 0) is 9.59 Å². The topological polar surface area (TPSA) is 74.6 Å². The van der Waals surface area contributed by atoms with Gasteiger partial charge in [-0.3, -0.25) is 9.59 Å². The molecule has 1 aliphatic rings. The molecule has 0 aromatic heterocycles. The SMILES string of the molecule is C=C1CC(C(=O)O)(C(=O)O)C(Cl)(Cl)C(Cl)(Cl)C1(Cl)Cl. The Morgan fingerprint density at radius 2 is 1.32 bits per heavy atom. The van der Waals surface area contributed by atoms with Crippen molar-refractivity contribution in [3.63, 3.8) is 0 Å². The first-order valence-corrected chi connectivity index (χ1v) is 6.82. The van der Waals surface area contributed by atoms with E-state index in [4.69, 9.17) is 69.6 Å². The van der Waals surface area contributed by atoms with Crippen molar-refractivity contribution < 1.29 is 19.8 Å². The van der Waals surface area contributed by atoms with Gasteiger partial charge >= 0.3 is 11.9 Å². The normalized spacial score (nSPS) is 26.7. The first-order chi connectivity index (χ1) is 8.26. The summed E-state index contributed by atoms with van der Waals surface area (Å²) in [4.78, 5) is 22.8.